The van der Waals surface area contributed by atoms with Crippen molar-refractivity contribution in [2.24, 2.45) is 17.6 Å². The zero-order valence-corrected chi connectivity index (χ0v) is 12.6. The summed E-state index contributed by atoms with van der Waals surface area (Å²) in [6, 6.07) is 2.57. The number of carbonyl (C=O) groups excluding carboxylic acids is 1. The van der Waals surface area contributed by atoms with Gasteiger partial charge in [0.1, 0.15) is 0 Å². The fraction of sp³-hybridized carbons (Fsp3) is 0.875. The normalized spacial score (nSPS) is 35.4. The number of carbonyl (C=O) groups is 1. The van der Waals surface area contributed by atoms with Crippen LogP contribution in [0.3, 0.4) is 0 Å². The van der Waals surface area contributed by atoms with Gasteiger partial charge in [-0.25, -0.2) is 0 Å². The minimum Gasteiger partial charge on any atom is -0.368 e. The number of nitriles is 1. The highest BCUT2D eigenvalue weighted by molar-refractivity contribution is 5.80. The third-order valence-corrected chi connectivity index (χ3v) is 5.09. The Morgan fingerprint density at radius 2 is 2.15 bits per heavy atom. The van der Waals surface area contributed by atoms with Crippen molar-refractivity contribution in [2.45, 2.75) is 70.4 Å². The summed E-state index contributed by atoms with van der Waals surface area (Å²) in [6.07, 6.45) is 8.71. The van der Waals surface area contributed by atoms with E-state index in [1.807, 2.05) is 0 Å². The molecule has 0 spiro atoms. The Bertz CT molecular complexity index is 376. The van der Waals surface area contributed by atoms with Crippen LogP contribution in [0.1, 0.15) is 58.3 Å². The highest BCUT2D eigenvalue weighted by atomic mass is 16.1. The van der Waals surface area contributed by atoms with Gasteiger partial charge >= 0.3 is 0 Å². The molecule has 4 unspecified atom stereocenters. The van der Waals surface area contributed by atoms with Crippen LogP contribution in [0, 0.1) is 23.2 Å². The molecule has 4 nitrogen and oxygen atoms in total. The van der Waals surface area contributed by atoms with Gasteiger partial charge in [0.25, 0.3) is 0 Å². The predicted molar refractivity (Wildman–Crippen MR) is 78.7 cm³/mol. The maximum atomic E-state index is 11.7. The molecule has 1 aliphatic carbocycles. The second-order valence-electron chi connectivity index (χ2n) is 6.42. The molecule has 0 aromatic heterocycles. The SMILES string of the molecule is CCCC1CCC(C#N)C(N2CCCCC2C(N)=O)C1. The van der Waals surface area contributed by atoms with Gasteiger partial charge < -0.3 is 5.73 Å². The molecule has 4 atom stereocenters. The van der Waals surface area contributed by atoms with Gasteiger partial charge in [0.2, 0.25) is 5.91 Å². The van der Waals surface area contributed by atoms with Gasteiger partial charge in [-0.1, -0.05) is 26.2 Å². The number of piperidine rings is 1. The monoisotopic (exact) mass is 277 g/mol. The fourth-order valence-corrected chi connectivity index (χ4v) is 4.08. The number of nitrogens with zero attached hydrogens (tertiary/aromatic N) is 2. The first-order chi connectivity index (χ1) is 9.67. The minimum atomic E-state index is -0.209. The predicted octanol–water partition coefficient (Wildman–Crippen LogP) is 2.43. The Hall–Kier alpha value is -1.08. The summed E-state index contributed by atoms with van der Waals surface area (Å²) in [4.78, 5) is 14.0. The molecule has 20 heavy (non-hydrogen) atoms. The molecule has 0 aromatic rings. The van der Waals surface area contributed by atoms with Gasteiger partial charge in [0, 0.05) is 6.04 Å². The zero-order valence-electron chi connectivity index (χ0n) is 12.6. The van der Waals surface area contributed by atoms with Crippen LogP contribution >= 0.6 is 0 Å². The smallest absolute Gasteiger partial charge is 0.234 e. The van der Waals surface area contributed by atoms with Crippen molar-refractivity contribution < 1.29 is 4.79 Å². The first kappa shape index (κ1) is 15.3. The summed E-state index contributed by atoms with van der Waals surface area (Å²) in [7, 11) is 0. The third kappa shape index (κ3) is 3.32. The average Bonchev–Trinajstić information content (AvgIpc) is 2.47. The molecule has 112 valence electrons. The molecule has 1 saturated carbocycles. The van der Waals surface area contributed by atoms with Gasteiger partial charge in [-0.2, -0.15) is 5.26 Å². The van der Waals surface area contributed by atoms with Gasteiger partial charge in [0.15, 0.2) is 0 Å². The lowest BCUT2D eigenvalue weighted by atomic mass is 9.75. The molecule has 1 aliphatic heterocycles. The van der Waals surface area contributed by atoms with Gasteiger partial charge in [-0.05, 0) is 44.6 Å². The average molecular weight is 277 g/mol. The lowest BCUT2D eigenvalue weighted by Crippen LogP contribution is -2.55. The quantitative estimate of drug-likeness (QED) is 0.858. The fourth-order valence-electron chi connectivity index (χ4n) is 4.08. The Morgan fingerprint density at radius 1 is 1.35 bits per heavy atom. The Balaban J connectivity index is 2.12. The Labute approximate surface area is 122 Å². The van der Waals surface area contributed by atoms with Crippen molar-refractivity contribution in [1.29, 1.82) is 5.26 Å². The summed E-state index contributed by atoms with van der Waals surface area (Å²) in [5.74, 6) is 0.576. The first-order valence-electron chi connectivity index (χ1n) is 8.12. The van der Waals surface area contributed by atoms with E-state index in [9.17, 15) is 10.1 Å². The molecule has 0 bridgehead atoms. The summed E-state index contributed by atoms with van der Waals surface area (Å²) in [6.45, 7) is 3.15. The van der Waals surface area contributed by atoms with Crippen molar-refractivity contribution in [3.63, 3.8) is 0 Å². The highest BCUT2D eigenvalue weighted by Gasteiger charge is 2.39. The Morgan fingerprint density at radius 3 is 2.80 bits per heavy atom. The van der Waals surface area contributed by atoms with E-state index in [-0.39, 0.29) is 23.9 Å². The van der Waals surface area contributed by atoms with Gasteiger partial charge in [-0.3, -0.25) is 9.69 Å². The topological polar surface area (TPSA) is 70.1 Å². The summed E-state index contributed by atoms with van der Waals surface area (Å²) in [5, 5.41) is 9.44. The Kier molecular flexibility index (Phi) is 5.42. The van der Waals surface area contributed by atoms with E-state index in [0.717, 1.165) is 45.1 Å². The number of rotatable bonds is 4. The van der Waals surface area contributed by atoms with Crippen LogP contribution in [0.15, 0.2) is 0 Å². The van der Waals surface area contributed by atoms with Crippen LogP contribution in [0.5, 0.6) is 0 Å². The maximum Gasteiger partial charge on any atom is 0.234 e. The number of hydrogen-bond acceptors (Lipinski definition) is 3. The number of amides is 1. The van der Waals surface area contributed by atoms with Crippen LogP contribution in [0.4, 0.5) is 0 Å². The minimum absolute atomic E-state index is 0.0723. The molecule has 2 aliphatic rings. The van der Waals surface area contributed by atoms with E-state index in [1.165, 1.54) is 12.8 Å². The van der Waals surface area contributed by atoms with E-state index >= 15 is 0 Å². The van der Waals surface area contributed by atoms with Crippen molar-refractivity contribution in [3.8, 4) is 6.07 Å². The second kappa shape index (κ2) is 7.08. The first-order valence-corrected chi connectivity index (χ1v) is 8.12. The van der Waals surface area contributed by atoms with E-state index in [2.05, 4.69) is 17.9 Å². The molecule has 1 amide bonds. The molecule has 2 fully saturated rings. The molecule has 0 aromatic carbocycles. The van der Waals surface area contributed by atoms with Gasteiger partial charge in [-0.15, -0.1) is 0 Å². The van der Waals surface area contributed by atoms with Crippen LogP contribution in [-0.2, 0) is 4.79 Å². The zero-order chi connectivity index (χ0) is 14.5. The largest absolute Gasteiger partial charge is 0.368 e. The van der Waals surface area contributed by atoms with E-state index < -0.39 is 0 Å². The van der Waals surface area contributed by atoms with Crippen molar-refractivity contribution >= 4 is 5.91 Å². The molecule has 1 heterocycles. The van der Waals surface area contributed by atoms with E-state index in [1.54, 1.807) is 0 Å². The van der Waals surface area contributed by atoms with Crippen molar-refractivity contribution in [2.75, 3.05) is 6.54 Å². The molecule has 4 heteroatoms. The molecular weight excluding hydrogens is 250 g/mol. The number of likely N-dealkylation sites (tertiary alicyclic amines) is 1. The van der Waals surface area contributed by atoms with Crippen LogP contribution in [-0.4, -0.2) is 29.4 Å². The molecule has 0 radical (unpaired) electrons. The molecular formula is C16H27N3O. The van der Waals surface area contributed by atoms with Crippen LogP contribution in [0.2, 0.25) is 0 Å². The number of nitrogens with two attached hydrogens (primary N) is 1. The number of hydrogen-bond donors (Lipinski definition) is 1. The van der Waals surface area contributed by atoms with E-state index in [0.29, 0.717) is 5.92 Å². The summed E-state index contributed by atoms with van der Waals surface area (Å²) < 4.78 is 0. The van der Waals surface area contributed by atoms with Crippen molar-refractivity contribution in [1.82, 2.24) is 4.90 Å². The van der Waals surface area contributed by atoms with Crippen molar-refractivity contribution in [3.05, 3.63) is 0 Å². The highest BCUT2D eigenvalue weighted by Crippen LogP contribution is 2.36. The molecule has 2 N–H and O–H groups in total. The van der Waals surface area contributed by atoms with Gasteiger partial charge in [0.05, 0.1) is 18.0 Å². The number of primary amides is 1. The molecule has 2 rings (SSSR count). The van der Waals surface area contributed by atoms with Crippen LogP contribution < -0.4 is 5.73 Å². The maximum absolute atomic E-state index is 11.7. The third-order valence-electron chi connectivity index (χ3n) is 5.09. The standard InChI is InChI=1S/C16H27N3O/c1-2-5-12-7-8-13(11-17)15(10-12)19-9-4-3-6-14(19)16(18)20/h12-15H,2-10H2,1H3,(H2,18,20). The summed E-state index contributed by atoms with van der Waals surface area (Å²) >= 11 is 0. The lowest BCUT2D eigenvalue weighted by molar-refractivity contribution is -0.126. The van der Waals surface area contributed by atoms with Crippen LogP contribution in [0.25, 0.3) is 0 Å². The summed E-state index contributed by atoms with van der Waals surface area (Å²) in [5.41, 5.74) is 5.58. The molecule has 1 saturated heterocycles. The second-order valence-corrected chi connectivity index (χ2v) is 6.42. The lowest BCUT2D eigenvalue weighted by Gasteiger charge is -2.45. The van der Waals surface area contributed by atoms with E-state index in [4.69, 9.17) is 5.73 Å².